The summed E-state index contributed by atoms with van der Waals surface area (Å²) >= 11 is 5.48. The molecule has 2 bridgehead atoms. The number of thiocarbonyl (C=S) groups is 1. The molecule has 0 aliphatic carbocycles. The van der Waals surface area contributed by atoms with Crippen LogP contribution in [0.15, 0.2) is 0 Å². The van der Waals surface area contributed by atoms with E-state index >= 15 is 0 Å². The molecular weight excluding hydrogens is 358 g/mol. The standard InChI is InChI=1S/C20H35N5OS/c1-3-6-23(2)15-18-16-25-7-4-17(18)13-19(25)14-22-20(27)21-5-8-24-9-11-26-12-10-24/h1,17-19H,4-16H2,2H3,(H2,21,22,27)/t17-,18-,19+/m0/s1. The molecule has 1 unspecified atom stereocenters. The summed E-state index contributed by atoms with van der Waals surface area (Å²) in [6.45, 7) is 10.9. The van der Waals surface area contributed by atoms with Crippen molar-refractivity contribution in [2.45, 2.75) is 18.9 Å². The Morgan fingerprint density at radius 2 is 2.11 bits per heavy atom. The van der Waals surface area contributed by atoms with Gasteiger partial charge in [0.25, 0.3) is 0 Å². The highest BCUT2D eigenvalue weighted by atomic mass is 32.1. The first-order valence-electron chi connectivity index (χ1n) is 10.3. The van der Waals surface area contributed by atoms with E-state index in [0.717, 1.165) is 76.0 Å². The first-order chi connectivity index (χ1) is 13.2. The van der Waals surface area contributed by atoms with Crippen LogP contribution in [0.3, 0.4) is 0 Å². The van der Waals surface area contributed by atoms with Gasteiger partial charge in [-0.15, -0.1) is 6.42 Å². The Balaban J connectivity index is 1.32. The maximum atomic E-state index is 5.48. The normalized spacial score (nSPS) is 30.9. The second-order valence-corrected chi connectivity index (χ2v) is 8.59. The predicted molar refractivity (Wildman–Crippen MR) is 114 cm³/mol. The fourth-order valence-electron chi connectivity index (χ4n) is 4.71. The number of hydrogen-bond acceptors (Lipinski definition) is 5. The molecule has 0 spiro atoms. The van der Waals surface area contributed by atoms with E-state index in [1.807, 2.05) is 0 Å². The van der Waals surface area contributed by atoms with Crippen LogP contribution in [0, 0.1) is 24.2 Å². The third-order valence-corrected chi connectivity index (χ3v) is 6.53. The molecule has 7 heteroatoms. The number of nitrogens with one attached hydrogen (secondary N) is 2. The molecule has 152 valence electrons. The average molecular weight is 394 g/mol. The van der Waals surface area contributed by atoms with Gasteiger partial charge in [0, 0.05) is 51.9 Å². The zero-order chi connectivity index (χ0) is 19.1. The van der Waals surface area contributed by atoms with Crippen molar-refractivity contribution in [3.05, 3.63) is 0 Å². The molecule has 2 N–H and O–H groups in total. The molecule has 4 rings (SSSR count). The topological polar surface area (TPSA) is 43.0 Å². The maximum Gasteiger partial charge on any atom is 0.166 e. The summed E-state index contributed by atoms with van der Waals surface area (Å²) in [7, 11) is 2.14. The Kier molecular flexibility index (Phi) is 8.16. The van der Waals surface area contributed by atoms with E-state index in [9.17, 15) is 0 Å². The van der Waals surface area contributed by atoms with E-state index < -0.39 is 0 Å². The van der Waals surface area contributed by atoms with Crippen molar-refractivity contribution < 1.29 is 4.74 Å². The molecule has 0 aromatic heterocycles. The lowest BCUT2D eigenvalue weighted by Crippen LogP contribution is -2.58. The van der Waals surface area contributed by atoms with Crippen molar-refractivity contribution in [3.63, 3.8) is 0 Å². The van der Waals surface area contributed by atoms with Crippen molar-refractivity contribution in [1.82, 2.24) is 25.3 Å². The zero-order valence-corrected chi connectivity index (χ0v) is 17.5. The summed E-state index contributed by atoms with van der Waals surface area (Å²) < 4.78 is 5.38. The quantitative estimate of drug-likeness (QED) is 0.446. The van der Waals surface area contributed by atoms with E-state index in [4.69, 9.17) is 23.4 Å². The van der Waals surface area contributed by atoms with E-state index in [1.165, 1.54) is 25.9 Å². The fraction of sp³-hybridized carbons (Fsp3) is 0.850. The van der Waals surface area contributed by atoms with Crippen LogP contribution in [0.2, 0.25) is 0 Å². The number of piperidine rings is 3. The maximum absolute atomic E-state index is 5.48. The summed E-state index contributed by atoms with van der Waals surface area (Å²) in [5.74, 6) is 4.33. The van der Waals surface area contributed by atoms with Crippen LogP contribution in [-0.2, 0) is 4.74 Å². The molecule has 4 aliphatic rings. The van der Waals surface area contributed by atoms with E-state index in [2.05, 4.69) is 38.3 Å². The summed E-state index contributed by atoms with van der Waals surface area (Å²) in [5, 5.41) is 7.59. The zero-order valence-electron chi connectivity index (χ0n) is 16.7. The minimum atomic E-state index is 0.608. The molecule has 0 amide bonds. The van der Waals surface area contributed by atoms with Crippen LogP contribution < -0.4 is 10.6 Å². The third-order valence-electron chi connectivity index (χ3n) is 6.24. The van der Waals surface area contributed by atoms with Gasteiger partial charge >= 0.3 is 0 Å². The number of nitrogens with zero attached hydrogens (tertiary/aromatic N) is 3. The van der Waals surface area contributed by atoms with Crippen LogP contribution in [-0.4, -0.2) is 105 Å². The van der Waals surface area contributed by atoms with Gasteiger partial charge < -0.3 is 15.4 Å². The predicted octanol–water partition coefficient (Wildman–Crippen LogP) is 0.0581. The lowest BCUT2D eigenvalue weighted by Gasteiger charge is -2.50. The smallest absolute Gasteiger partial charge is 0.166 e. The number of morpholine rings is 1. The first-order valence-corrected chi connectivity index (χ1v) is 10.7. The third kappa shape index (κ3) is 6.30. The second-order valence-electron chi connectivity index (χ2n) is 8.18. The number of hydrogen-bond donors (Lipinski definition) is 2. The molecule has 0 aromatic rings. The fourth-order valence-corrected chi connectivity index (χ4v) is 4.90. The number of ether oxygens (including phenoxy) is 1. The molecule has 0 radical (unpaired) electrons. The van der Waals surface area contributed by atoms with Gasteiger partial charge in [0.15, 0.2) is 5.11 Å². The van der Waals surface area contributed by atoms with Gasteiger partial charge in [0.2, 0.25) is 0 Å². The highest BCUT2D eigenvalue weighted by Crippen LogP contribution is 2.36. The molecule has 4 heterocycles. The molecule has 0 aromatic carbocycles. The summed E-state index contributed by atoms with van der Waals surface area (Å²) in [5.41, 5.74) is 0. The van der Waals surface area contributed by atoms with E-state index in [0.29, 0.717) is 6.04 Å². The van der Waals surface area contributed by atoms with Gasteiger partial charge in [0.1, 0.15) is 0 Å². The van der Waals surface area contributed by atoms with Crippen molar-refractivity contribution in [1.29, 1.82) is 0 Å². The minimum absolute atomic E-state index is 0.608. The van der Waals surface area contributed by atoms with Gasteiger partial charge in [-0.25, -0.2) is 0 Å². The monoisotopic (exact) mass is 393 g/mol. The Morgan fingerprint density at radius 3 is 2.81 bits per heavy atom. The summed E-state index contributed by atoms with van der Waals surface area (Å²) in [6.07, 6.45) is 8.04. The largest absolute Gasteiger partial charge is 0.379 e. The molecule has 0 saturated carbocycles. The molecular formula is C20H35N5OS. The molecule has 4 saturated heterocycles. The van der Waals surface area contributed by atoms with E-state index in [-0.39, 0.29) is 0 Å². The van der Waals surface area contributed by atoms with Gasteiger partial charge in [-0.2, -0.15) is 0 Å². The Bertz CT molecular complexity index is 519. The van der Waals surface area contributed by atoms with Crippen LogP contribution in [0.1, 0.15) is 12.8 Å². The number of terminal acetylenes is 1. The van der Waals surface area contributed by atoms with Crippen LogP contribution >= 0.6 is 12.2 Å². The number of fused-ring (bicyclic) bond motifs is 3. The molecule has 4 fully saturated rings. The van der Waals surface area contributed by atoms with E-state index in [1.54, 1.807) is 0 Å². The van der Waals surface area contributed by atoms with Crippen molar-refractivity contribution >= 4 is 17.3 Å². The molecule has 4 aliphatic heterocycles. The summed E-state index contributed by atoms with van der Waals surface area (Å²) in [6, 6.07) is 0.608. The highest BCUT2D eigenvalue weighted by molar-refractivity contribution is 7.80. The lowest BCUT2D eigenvalue weighted by molar-refractivity contribution is -0.00653. The Morgan fingerprint density at radius 1 is 1.30 bits per heavy atom. The average Bonchev–Trinajstić information content (AvgIpc) is 2.68. The number of rotatable bonds is 8. The van der Waals surface area contributed by atoms with Crippen LogP contribution in [0.4, 0.5) is 0 Å². The Labute approximate surface area is 170 Å². The van der Waals surface area contributed by atoms with Crippen LogP contribution in [0.25, 0.3) is 0 Å². The molecule has 6 nitrogen and oxygen atoms in total. The van der Waals surface area contributed by atoms with Crippen molar-refractivity contribution in [3.8, 4) is 12.3 Å². The SMILES string of the molecule is C#CCN(C)C[C@H]1CN2CC[C@H]1C[C@@H]2CNC(=S)NCCN1CCOCC1. The highest BCUT2D eigenvalue weighted by Gasteiger charge is 2.40. The van der Waals surface area contributed by atoms with Crippen LogP contribution in [0.5, 0.6) is 0 Å². The van der Waals surface area contributed by atoms with Gasteiger partial charge in [0.05, 0.1) is 19.8 Å². The van der Waals surface area contributed by atoms with Gasteiger partial charge in [-0.3, -0.25) is 14.7 Å². The van der Waals surface area contributed by atoms with Gasteiger partial charge in [-0.1, -0.05) is 5.92 Å². The molecule has 4 atom stereocenters. The van der Waals surface area contributed by atoms with Crippen molar-refractivity contribution in [2.24, 2.45) is 11.8 Å². The summed E-state index contributed by atoms with van der Waals surface area (Å²) in [4.78, 5) is 7.35. The lowest BCUT2D eigenvalue weighted by atomic mass is 9.75. The Hall–Kier alpha value is -0.910. The minimum Gasteiger partial charge on any atom is -0.379 e. The van der Waals surface area contributed by atoms with Gasteiger partial charge in [-0.05, 0) is 50.5 Å². The second kappa shape index (κ2) is 10.6. The van der Waals surface area contributed by atoms with Crippen molar-refractivity contribution in [2.75, 3.05) is 79.2 Å². The first kappa shape index (κ1) is 20.8. The molecule has 27 heavy (non-hydrogen) atoms.